The predicted octanol–water partition coefficient (Wildman–Crippen LogP) is 5.97. The van der Waals surface area contributed by atoms with E-state index in [0.717, 1.165) is 59.3 Å². The molecule has 1 N–H and O–H groups in total. The zero-order valence-corrected chi connectivity index (χ0v) is 18.0. The second-order valence-corrected chi connectivity index (χ2v) is 7.88. The highest BCUT2D eigenvalue weighted by molar-refractivity contribution is 6.31. The Morgan fingerprint density at radius 1 is 1.07 bits per heavy atom. The molecule has 0 radical (unpaired) electrons. The van der Waals surface area contributed by atoms with E-state index in [-0.39, 0.29) is 0 Å². The van der Waals surface area contributed by atoms with E-state index in [0.29, 0.717) is 11.1 Å². The number of nitrogens with zero attached hydrogens (tertiary/aromatic N) is 2. The highest BCUT2D eigenvalue weighted by Gasteiger charge is 2.12. The first-order valence-corrected chi connectivity index (χ1v) is 10.5. The van der Waals surface area contributed by atoms with Gasteiger partial charge in [-0.2, -0.15) is 0 Å². The van der Waals surface area contributed by atoms with Gasteiger partial charge in [0.25, 0.3) is 0 Å². The van der Waals surface area contributed by atoms with Gasteiger partial charge in [-0.25, -0.2) is 4.98 Å². The summed E-state index contributed by atoms with van der Waals surface area (Å²) in [7, 11) is 1.69. The number of halogens is 1. The van der Waals surface area contributed by atoms with Gasteiger partial charge in [0.15, 0.2) is 0 Å². The quantitative estimate of drug-likeness (QED) is 0.355. The number of methoxy groups -OCH3 is 1. The maximum absolute atomic E-state index is 6.20. The van der Waals surface area contributed by atoms with E-state index in [1.54, 1.807) is 7.11 Å². The first-order valence-electron chi connectivity index (χ1n) is 10.1. The summed E-state index contributed by atoms with van der Waals surface area (Å²) in [5.41, 5.74) is 2.94. The normalized spacial score (nSPS) is 11.7. The van der Waals surface area contributed by atoms with Gasteiger partial charge in [0.05, 0.1) is 23.8 Å². The number of rotatable bonds is 9. The Morgan fingerprint density at radius 3 is 2.61 bits per heavy atom. The molecule has 0 atom stereocenters. The minimum absolute atomic E-state index is 0.578. The summed E-state index contributed by atoms with van der Waals surface area (Å²) >= 11 is 6.20. The lowest BCUT2D eigenvalue weighted by Crippen LogP contribution is -2.33. The van der Waals surface area contributed by atoms with Crippen LogP contribution in [-0.4, -0.2) is 42.7 Å². The fourth-order valence-electron chi connectivity index (χ4n) is 3.62. The van der Waals surface area contributed by atoms with E-state index in [1.807, 2.05) is 30.3 Å². The Labute approximate surface area is 172 Å². The Hall–Kier alpha value is -2.04. The molecule has 0 amide bonds. The molecule has 3 aromatic rings. The monoisotopic (exact) mass is 399 g/mol. The molecule has 0 aliphatic rings. The zero-order valence-electron chi connectivity index (χ0n) is 17.3. The average Bonchev–Trinajstić information content (AvgIpc) is 2.68. The number of nitrogens with one attached hydrogen (secondary N) is 1. The molecule has 150 valence electrons. The second-order valence-electron chi connectivity index (χ2n) is 7.44. The molecule has 0 spiro atoms. The lowest BCUT2D eigenvalue weighted by atomic mass is 10.1. The van der Waals surface area contributed by atoms with Crippen LogP contribution in [0.25, 0.3) is 21.8 Å². The summed E-state index contributed by atoms with van der Waals surface area (Å²) in [6.07, 6.45) is 2.27. The van der Waals surface area contributed by atoms with Crippen LogP contribution in [0.3, 0.4) is 0 Å². The minimum Gasteiger partial charge on any atom is -0.497 e. The number of pyridine rings is 1. The summed E-state index contributed by atoms with van der Waals surface area (Å²) < 4.78 is 5.44. The third kappa shape index (κ3) is 4.68. The molecular weight excluding hydrogens is 370 g/mol. The molecule has 0 saturated heterocycles. The van der Waals surface area contributed by atoms with Crippen molar-refractivity contribution in [2.24, 2.45) is 0 Å². The molecule has 0 fully saturated rings. The molecule has 0 unspecified atom stereocenters. The molecular formula is C23H30ClN3O. The largest absolute Gasteiger partial charge is 0.497 e. The molecule has 0 saturated carbocycles. The number of ether oxygens (including phenoxy) is 1. The van der Waals surface area contributed by atoms with Crippen molar-refractivity contribution in [3.63, 3.8) is 0 Å². The number of anilines is 1. The molecule has 0 aliphatic carbocycles. The SMILES string of the molecule is CCCN(CCCNc1c2ccc(Cl)cc2nc2ccc(OC)cc12)C(C)C. The average molecular weight is 400 g/mol. The highest BCUT2D eigenvalue weighted by atomic mass is 35.5. The van der Waals surface area contributed by atoms with Crippen molar-refractivity contribution in [1.29, 1.82) is 0 Å². The maximum atomic E-state index is 6.20. The van der Waals surface area contributed by atoms with Gasteiger partial charge in [-0.1, -0.05) is 18.5 Å². The van der Waals surface area contributed by atoms with E-state index in [9.17, 15) is 0 Å². The van der Waals surface area contributed by atoms with Gasteiger partial charge in [-0.3, -0.25) is 0 Å². The van der Waals surface area contributed by atoms with E-state index in [2.05, 4.69) is 37.1 Å². The number of hydrogen-bond acceptors (Lipinski definition) is 4. The molecule has 0 aliphatic heterocycles. The van der Waals surface area contributed by atoms with Crippen molar-refractivity contribution < 1.29 is 4.74 Å². The molecule has 2 aromatic carbocycles. The smallest absolute Gasteiger partial charge is 0.119 e. The molecule has 1 aromatic heterocycles. The van der Waals surface area contributed by atoms with Crippen molar-refractivity contribution in [3.8, 4) is 5.75 Å². The minimum atomic E-state index is 0.578. The molecule has 0 bridgehead atoms. The van der Waals surface area contributed by atoms with Gasteiger partial charge >= 0.3 is 0 Å². The predicted molar refractivity (Wildman–Crippen MR) is 121 cm³/mol. The van der Waals surface area contributed by atoms with Crippen LogP contribution in [0, 0.1) is 0 Å². The summed E-state index contributed by atoms with van der Waals surface area (Å²) in [6, 6.07) is 12.5. The summed E-state index contributed by atoms with van der Waals surface area (Å²) in [6.45, 7) is 9.91. The van der Waals surface area contributed by atoms with E-state index in [4.69, 9.17) is 21.3 Å². The van der Waals surface area contributed by atoms with Crippen molar-refractivity contribution in [2.75, 3.05) is 32.1 Å². The lowest BCUT2D eigenvalue weighted by Gasteiger charge is -2.26. The van der Waals surface area contributed by atoms with Gasteiger partial charge in [-0.15, -0.1) is 0 Å². The van der Waals surface area contributed by atoms with Crippen LogP contribution >= 0.6 is 11.6 Å². The first-order chi connectivity index (χ1) is 13.5. The van der Waals surface area contributed by atoms with Crippen LogP contribution in [0.5, 0.6) is 5.75 Å². The van der Waals surface area contributed by atoms with Crippen molar-refractivity contribution in [1.82, 2.24) is 9.88 Å². The van der Waals surface area contributed by atoms with Crippen LogP contribution < -0.4 is 10.1 Å². The number of aromatic nitrogens is 1. The van der Waals surface area contributed by atoms with Crippen LogP contribution in [-0.2, 0) is 0 Å². The number of benzene rings is 2. The third-order valence-electron chi connectivity index (χ3n) is 5.11. The van der Waals surface area contributed by atoms with Gasteiger partial charge in [0.1, 0.15) is 5.75 Å². The third-order valence-corrected chi connectivity index (χ3v) is 5.34. The van der Waals surface area contributed by atoms with Crippen LogP contribution in [0.15, 0.2) is 36.4 Å². The van der Waals surface area contributed by atoms with Crippen molar-refractivity contribution in [3.05, 3.63) is 41.4 Å². The molecule has 1 heterocycles. The Morgan fingerprint density at radius 2 is 1.89 bits per heavy atom. The maximum Gasteiger partial charge on any atom is 0.119 e. The number of fused-ring (bicyclic) bond motifs is 2. The number of hydrogen-bond donors (Lipinski definition) is 1. The lowest BCUT2D eigenvalue weighted by molar-refractivity contribution is 0.221. The van der Waals surface area contributed by atoms with Gasteiger partial charge in [0, 0.05) is 34.9 Å². The molecule has 4 nitrogen and oxygen atoms in total. The Kier molecular flexibility index (Phi) is 6.97. The highest BCUT2D eigenvalue weighted by Crippen LogP contribution is 2.34. The Balaban J connectivity index is 1.88. The Bertz CT molecular complexity index is 942. The van der Waals surface area contributed by atoms with Gasteiger partial charge in [0.2, 0.25) is 0 Å². The summed E-state index contributed by atoms with van der Waals surface area (Å²) in [5, 5.41) is 6.53. The fourth-order valence-corrected chi connectivity index (χ4v) is 3.79. The topological polar surface area (TPSA) is 37.4 Å². The van der Waals surface area contributed by atoms with Crippen LogP contribution in [0.4, 0.5) is 5.69 Å². The molecule has 28 heavy (non-hydrogen) atoms. The molecule has 3 rings (SSSR count). The second kappa shape index (κ2) is 9.44. The van der Waals surface area contributed by atoms with Crippen LogP contribution in [0.1, 0.15) is 33.6 Å². The summed E-state index contributed by atoms with van der Waals surface area (Å²) in [5.74, 6) is 0.833. The van der Waals surface area contributed by atoms with Crippen LogP contribution in [0.2, 0.25) is 5.02 Å². The molecule has 5 heteroatoms. The van der Waals surface area contributed by atoms with Crippen molar-refractivity contribution >= 4 is 39.1 Å². The fraction of sp³-hybridized carbons (Fsp3) is 0.435. The van der Waals surface area contributed by atoms with Gasteiger partial charge in [-0.05, 0) is 69.6 Å². The first kappa shape index (κ1) is 20.7. The van der Waals surface area contributed by atoms with E-state index in [1.165, 1.54) is 6.42 Å². The van der Waals surface area contributed by atoms with Crippen molar-refractivity contribution in [2.45, 2.75) is 39.7 Å². The summed E-state index contributed by atoms with van der Waals surface area (Å²) in [4.78, 5) is 7.33. The van der Waals surface area contributed by atoms with E-state index >= 15 is 0 Å². The zero-order chi connectivity index (χ0) is 20.1. The standard InChI is InChI=1S/C23H30ClN3O/c1-5-12-27(16(2)3)13-6-11-25-23-19-9-7-17(24)14-22(19)26-21-10-8-18(28-4)15-20(21)23/h7-10,14-16H,5-6,11-13H2,1-4H3,(H,25,26). The van der Waals surface area contributed by atoms with Gasteiger partial charge < -0.3 is 15.0 Å². The van der Waals surface area contributed by atoms with E-state index < -0.39 is 0 Å².